The van der Waals surface area contributed by atoms with Gasteiger partial charge in [0.25, 0.3) is 0 Å². The second-order valence-electron chi connectivity index (χ2n) is 4.46. The quantitative estimate of drug-likeness (QED) is 0.728. The molecular weight excluding hydrogens is 178 g/mol. The van der Waals surface area contributed by atoms with Gasteiger partial charge in [-0.05, 0) is 26.2 Å². The maximum atomic E-state index is 11.8. The summed E-state index contributed by atoms with van der Waals surface area (Å²) in [6.45, 7) is 2.73. The van der Waals surface area contributed by atoms with Crippen molar-refractivity contribution in [2.45, 2.75) is 51.2 Å². The molecule has 1 aliphatic carbocycles. The number of rotatable bonds is 2. The van der Waals surface area contributed by atoms with Crippen LogP contribution in [-0.4, -0.2) is 24.7 Å². The molecule has 2 fully saturated rings. The van der Waals surface area contributed by atoms with Gasteiger partial charge in [-0.25, -0.2) is 0 Å². The van der Waals surface area contributed by atoms with Crippen LogP contribution in [-0.2, 0) is 9.53 Å². The Labute approximate surface area is 85.2 Å². The van der Waals surface area contributed by atoms with E-state index >= 15 is 0 Å². The van der Waals surface area contributed by atoms with Crippen LogP contribution in [0.25, 0.3) is 0 Å². The number of amides is 1. The summed E-state index contributed by atoms with van der Waals surface area (Å²) in [6.07, 6.45) is 5.85. The highest BCUT2D eigenvalue weighted by Gasteiger charge is 2.32. The highest BCUT2D eigenvalue weighted by Crippen LogP contribution is 2.23. The van der Waals surface area contributed by atoms with Crippen molar-refractivity contribution < 1.29 is 9.53 Å². The minimum atomic E-state index is 0.0931. The molecule has 1 N–H and O–H groups in total. The molecule has 2 atom stereocenters. The lowest BCUT2D eigenvalue weighted by Crippen LogP contribution is -2.39. The number of nitrogens with one attached hydrogen (secondary N) is 1. The van der Waals surface area contributed by atoms with Gasteiger partial charge in [0, 0.05) is 12.6 Å². The van der Waals surface area contributed by atoms with Crippen LogP contribution in [0.1, 0.15) is 39.0 Å². The van der Waals surface area contributed by atoms with Crippen molar-refractivity contribution in [3.05, 3.63) is 0 Å². The molecule has 1 saturated carbocycles. The summed E-state index contributed by atoms with van der Waals surface area (Å²) in [5.41, 5.74) is 0. The van der Waals surface area contributed by atoms with Crippen LogP contribution >= 0.6 is 0 Å². The maximum absolute atomic E-state index is 11.8. The van der Waals surface area contributed by atoms with Gasteiger partial charge >= 0.3 is 0 Å². The lowest BCUT2D eigenvalue weighted by atomic mass is 10.0. The average Bonchev–Trinajstić information content (AvgIpc) is 2.75. The summed E-state index contributed by atoms with van der Waals surface area (Å²) in [5, 5.41) is 3.13. The van der Waals surface area contributed by atoms with E-state index in [9.17, 15) is 4.79 Å². The largest absolute Gasteiger partial charge is 0.378 e. The fraction of sp³-hybridized carbons (Fsp3) is 0.909. The van der Waals surface area contributed by atoms with Crippen molar-refractivity contribution in [2.75, 3.05) is 6.61 Å². The predicted octanol–water partition coefficient (Wildman–Crippen LogP) is 1.47. The molecule has 2 unspecified atom stereocenters. The van der Waals surface area contributed by atoms with Crippen LogP contribution < -0.4 is 5.32 Å². The second-order valence-corrected chi connectivity index (χ2v) is 4.46. The standard InChI is InChI=1S/C11H19NO2/c1-8-10(6-7-14-8)11(13)12-9-4-2-3-5-9/h8-10H,2-7H2,1H3,(H,12,13). The Balaban J connectivity index is 1.82. The smallest absolute Gasteiger partial charge is 0.226 e. The Kier molecular flexibility index (Phi) is 3.06. The van der Waals surface area contributed by atoms with E-state index in [4.69, 9.17) is 4.74 Å². The lowest BCUT2D eigenvalue weighted by molar-refractivity contribution is -0.127. The fourth-order valence-electron chi connectivity index (χ4n) is 2.45. The molecular formula is C11H19NO2. The van der Waals surface area contributed by atoms with Crippen LogP contribution in [0.5, 0.6) is 0 Å². The van der Waals surface area contributed by atoms with E-state index < -0.39 is 0 Å². The Bertz CT molecular complexity index is 211. The number of hydrogen-bond donors (Lipinski definition) is 1. The van der Waals surface area contributed by atoms with E-state index in [2.05, 4.69) is 5.32 Å². The third kappa shape index (κ3) is 2.08. The highest BCUT2D eigenvalue weighted by atomic mass is 16.5. The average molecular weight is 197 g/mol. The molecule has 1 heterocycles. The Morgan fingerprint density at radius 2 is 2.00 bits per heavy atom. The SMILES string of the molecule is CC1OCCC1C(=O)NC1CCCC1. The monoisotopic (exact) mass is 197 g/mol. The Morgan fingerprint density at radius 3 is 2.57 bits per heavy atom. The van der Waals surface area contributed by atoms with E-state index in [-0.39, 0.29) is 17.9 Å². The zero-order valence-electron chi connectivity index (χ0n) is 8.79. The van der Waals surface area contributed by atoms with Gasteiger partial charge in [0.2, 0.25) is 5.91 Å². The van der Waals surface area contributed by atoms with Crippen LogP contribution in [0.15, 0.2) is 0 Å². The van der Waals surface area contributed by atoms with E-state index in [0.29, 0.717) is 6.04 Å². The first-order valence-corrected chi connectivity index (χ1v) is 5.69. The minimum absolute atomic E-state index is 0.0931. The summed E-state index contributed by atoms with van der Waals surface area (Å²) in [4.78, 5) is 11.8. The van der Waals surface area contributed by atoms with E-state index in [1.807, 2.05) is 6.92 Å². The molecule has 0 spiro atoms. The molecule has 80 valence electrons. The predicted molar refractivity (Wildman–Crippen MR) is 53.9 cm³/mol. The van der Waals surface area contributed by atoms with Crippen molar-refractivity contribution in [3.63, 3.8) is 0 Å². The highest BCUT2D eigenvalue weighted by molar-refractivity contribution is 5.79. The van der Waals surface area contributed by atoms with Gasteiger partial charge in [-0.15, -0.1) is 0 Å². The molecule has 0 radical (unpaired) electrons. The zero-order chi connectivity index (χ0) is 9.97. The Morgan fingerprint density at radius 1 is 1.29 bits per heavy atom. The molecule has 0 aromatic heterocycles. The topological polar surface area (TPSA) is 38.3 Å². The number of carbonyl (C=O) groups excluding carboxylic acids is 1. The van der Waals surface area contributed by atoms with Crippen LogP contribution in [0.2, 0.25) is 0 Å². The van der Waals surface area contributed by atoms with Crippen molar-refractivity contribution in [1.29, 1.82) is 0 Å². The number of hydrogen-bond acceptors (Lipinski definition) is 2. The number of carbonyl (C=O) groups is 1. The third-order valence-electron chi connectivity index (χ3n) is 3.41. The van der Waals surface area contributed by atoms with Gasteiger partial charge < -0.3 is 10.1 Å². The Hall–Kier alpha value is -0.570. The maximum Gasteiger partial charge on any atom is 0.226 e. The molecule has 14 heavy (non-hydrogen) atoms. The molecule has 0 bridgehead atoms. The fourth-order valence-corrected chi connectivity index (χ4v) is 2.45. The van der Waals surface area contributed by atoms with Gasteiger partial charge in [-0.3, -0.25) is 4.79 Å². The summed E-state index contributed by atoms with van der Waals surface area (Å²) >= 11 is 0. The first-order valence-electron chi connectivity index (χ1n) is 5.69. The van der Waals surface area contributed by atoms with Gasteiger partial charge in [0.05, 0.1) is 12.0 Å². The van der Waals surface area contributed by atoms with Crippen LogP contribution in [0.4, 0.5) is 0 Å². The minimum Gasteiger partial charge on any atom is -0.378 e. The molecule has 0 aromatic carbocycles. The molecule has 0 aromatic rings. The molecule has 1 aliphatic heterocycles. The zero-order valence-corrected chi connectivity index (χ0v) is 8.79. The first kappa shape index (κ1) is 9.97. The van der Waals surface area contributed by atoms with E-state index in [1.165, 1.54) is 12.8 Å². The van der Waals surface area contributed by atoms with E-state index in [1.54, 1.807) is 0 Å². The first-order chi connectivity index (χ1) is 6.77. The summed E-state index contributed by atoms with van der Waals surface area (Å²) in [6, 6.07) is 0.440. The molecule has 3 nitrogen and oxygen atoms in total. The van der Waals surface area contributed by atoms with Gasteiger partial charge in [-0.1, -0.05) is 12.8 Å². The lowest BCUT2D eigenvalue weighted by Gasteiger charge is -2.17. The normalized spacial score (nSPS) is 33.5. The summed E-state index contributed by atoms with van der Waals surface area (Å²) in [7, 11) is 0. The molecule has 1 amide bonds. The van der Waals surface area contributed by atoms with E-state index in [0.717, 1.165) is 25.9 Å². The van der Waals surface area contributed by atoms with Crippen molar-refractivity contribution in [3.8, 4) is 0 Å². The van der Waals surface area contributed by atoms with Crippen LogP contribution in [0, 0.1) is 5.92 Å². The van der Waals surface area contributed by atoms with Crippen molar-refractivity contribution in [1.82, 2.24) is 5.32 Å². The molecule has 3 heteroatoms. The summed E-state index contributed by atoms with van der Waals surface area (Å²) in [5.74, 6) is 0.303. The van der Waals surface area contributed by atoms with Gasteiger partial charge in [0.15, 0.2) is 0 Å². The van der Waals surface area contributed by atoms with Gasteiger partial charge in [-0.2, -0.15) is 0 Å². The third-order valence-corrected chi connectivity index (χ3v) is 3.41. The molecule has 1 saturated heterocycles. The van der Waals surface area contributed by atoms with Crippen LogP contribution in [0.3, 0.4) is 0 Å². The van der Waals surface area contributed by atoms with Gasteiger partial charge in [0.1, 0.15) is 0 Å². The molecule has 2 aliphatic rings. The second kappa shape index (κ2) is 4.30. The molecule has 2 rings (SSSR count). The number of ether oxygens (including phenoxy) is 1. The van der Waals surface area contributed by atoms with Crippen molar-refractivity contribution >= 4 is 5.91 Å². The van der Waals surface area contributed by atoms with Crippen molar-refractivity contribution in [2.24, 2.45) is 5.92 Å². The summed E-state index contributed by atoms with van der Waals surface area (Å²) < 4.78 is 5.39.